The van der Waals surface area contributed by atoms with Crippen LogP contribution in [0.15, 0.2) is 48.5 Å². The molecule has 0 bridgehead atoms. The molecule has 0 aliphatic carbocycles. The van der Waals surface area contributed by atoms with Crippen molar-refractivity contribution in [1.29, 1.82) is 0 Å². The zero-order chi connectivity index (χ0) is 17.0. The van der Waals surface area contributed by atoms with Gasteiger partial charge >= 0.3 is 0 Å². The van der Waals surface area contributed by atoms with E-state index in [1.165, 1.54) is 0 Å². The minimum absolute atomic E-state index is 0.265. The first-order chi connectivity index (χ1) is 10.8. The van der Waals surface area contributed by atoms with E-state index >= 15 is 0 Å². The van der Waals surface area contributed by atoms with Crippen LogP contribution in [0.5, 0.6) is 0 Å². The molecule has 1 amide bonds. The number of carbonyl (C=O) groups is 1. The Labute approximate surface area is 140 Å². The Kier molecular flexibility index (Phi) is 5.28. The van der Waals surface area contributed by atoms with Gasteiger partial charge in [0.15, 0.2) is 0 Å². The van der Waals surface area contributed by atoms with Crippen LogP contribution in [0.25, 0.3) is 0 Å². The lowest BCUT2D eigenvalue weighted by Crippen LogP contribution is -2.37. The molecular weight excluding hydrogens is 336 g/mol. The van der Waals surface area contributed by atoms with Gasteiger partial charge in [0.1, 0.15) is 6.54 Å². The lowest BCUT2D eigenvalue weighted by Gasteiger charge is -2.22. The number of hydrogen-bond donors (Lipinski definition) is 1. The van der Waals surface area contributed by atoms with Crippen LogP contribution < -0.4 is 9.62 Å². The van der Waals surface area contributed by atoms with Crippen molar-refractivity contribution in [3.8, 4) is 0 Å². The number of nitrogens with zero attached hydrogens (tertiary/aromatic N) is 1. The molecule has 0 unspecified atom stereocenters. The molecule has 0 saturated heterocycles. The fourth-order valence-electron chi connectivity index (χ4n) is 2.00. The molecular formula is C16H17ClN2O3S. The van der Waals surface area contributed by atoms with E-state index < -0.39 is 15.9 Å². The molecule has 2 aromatic carbocycles. The van der Waals surface area contributed by atoms with Gasteiger partial charge in [-0.15, -0.1) is 0 Å². The van der Waals surface area contributed by atoms with E-state index in [1.54, 1.807) is 36.4 Å². The van der Waals surface area contributed by atoms with Crippen molar-refractivity contribution in [3.63, 3.8) is 0 Å². The minimum Gasteiger partial charge on any atom is -0.325 e. The molecule has 23 heavy (non-hydrogen) atoms. The third-order valence-electron chi connectivity index (χ3n) is 3.14. The molecule has 2 rings (SSSR count). The summed E-state index contributed by atoms with van der Waals surface area (Å²) in [6.07, 6.45) is 1.04. The third kappa shape index (κ3) is 4.71. The van der Waals surface area contributed by atoms with Gasteiger partial charge in [0.05, 0.1) is 17.0 Å². The number of carbonyl (C=O) groups excluding carboxylic acids is 1. The van der Waals surface area contributed by atoms with Crippen LogP contribution in [-0.4, -0.2) is 27.1 Å². The zero-order valence-corrected chi connectivity index (χ0v) is 14.4. The van der Waals surface area contributed by atoms with E-state index in [1.807, 2.05) is 19.1 Å². The molecule has 122 valence electrons. The van der Waals surface area contributed by atoms with E-state index in [2.05, 4.69) is 5.32 Å². The number of sulfonamides is 1. The van der Waals surface area contributed by atoms with E-state index in [0.29, 0.717) is 5.69 Å². The summed E-state index contributed by atoms with van der Waals surface area (Å²) >= 11 is 6.05. The molecule has 0 radical (unpaired) electrons. The van der Waals surface area contributed by atoms with Crippen LogP contribution in [0.3, 0.4) is 0 Å². The maximum Gasteiger partial charge on any atom is 0.245 e. The highest BCUT2D eigenvalue weighted by Crippen LogP contribution is 2.27. The van der Waals surface area contributed by atoms with E-state index in [-0.39, 0.29) is 17.3 Å². The smallest absolute Gasteiger partial charge is 0.245 e. The van der Waals surface area contributed by atoms with E-state index in [0.717, 1.165) is 16.1 Å². The number of rotatable bonds is 5. The molecule has 0 aliphatic rings. The van der Waals surface area contributed by atoms with E-state index in [4.69, 9.17) is 11.6 Å². The number of aryl methyl sites for hydroxylation is 1. The monoisotopic (exact) mass is 352 g/mol. The Balaban J connectivity index is 2.20. The number of amides is 1. The van der Waals surface area contributed by atoms with Crippen molar-refractivity contribution in [1.82, 2.24) is 0 Å². The molecule has 5 nitrogen and oxygen atoms in total. The van der Waals surface area contributed by atoms with Crippen molar-refractivity contribution in [2.75, 3.05) is 22.4 Å². The van der Waals surface area contributed by atoms with Crippen molar-refractivity contribution in [2.24, 2.45) is 0 Å². The van der Waals surface area contributed by atoms with Gasteiger partial charge in [0.25, 0.3) is 0 Å². The van der Waals surface area contributed by atoms with Gasteiger partial charge in [-0.2, -0.15) is 0 Å². The summed E-state index contributed by atoms with van der Waals surface area (Å²) in [7, 11) is -3.65. The predicted molar refractivity (Wildman–Crippen MR) is 93.5 cm³/mol. The molecule has 1 N–H and O–H groups in total. The van der Waals surface area contributed by atoms with Crippen molar-refractivity contribution in [2.45, 2.75) is 6.92 Å². The van der Waals surface area contributed by atoms with Gasteiger partial charge < -0.3 is 5.32 Å². The largest absolute Gasteiger partial charge is 0.325 e. The van der Waals surface area contributed by atoms with Crippen LogP contribution in [-0.2, 0) is 14.8 Å². The second-order valence-corrected chi connectivity index (χ2v) is 7.45. The normalized spacial score (nSPS) is 11.1. The average Bonchev–Trinajstić information content (AvgIpc) is 2.47. The number of nitrogens with one attached hydrogen (secondary N) is 1. The lowest BCUT2D eigenvalue weighted by atomic mass is 10.2. The Hall–Kier alpha value is -2.05. The summed E-state index contributed by atoms with van der Waals surface area (Å²) in [6, 6.07) is 13.7. The molecule has 7 heteroatoms. The highest BCUT2D eigenvalue weighted by atomic mass is 35.5. The first kappa shape index (κ1) is 17.3. The van der Waals surface area contributed by atoms with Gasteiger partial charge in [-0.05, 0) is 31.2 Å². The van der Waals surface area contributed by atoms with Crippen LogP contribution in [0, 0.1) is 6.92 Å². The second kappa shape index (κ2) is 7.02. The van der Waals surface area contributed by atoms with Crippen molar-refractivity contribution < 1.29 is 13.2 Å². The Morgan fingerprint density at radius 1 is 1.13 bits per heavy atom. The first-order valence-corrected chi connectivity index (χ1v) is 9.09. The quantitative estimate of drug-likeness (QED) is 0.899. The van der Waals surface area contributed by atoms with Crippen LogP contribution in [0.2, 0.25) is 5.02 Å². The number of halogens is 1. The van der Waals surface area contributed by atoms with Gasteiger partial charge in [-0.1, -0.05) is 41.4 Å². The zero-order valence-electron chi connectivity index (χ0n) is 12.8. The van der Waals surface area contributed by atoms with Crippen LogP contribution >= 0.6 is 11.6 Å². The molecule has 0 aromatic heterocycles. The first-order valence-electron chi connectivity index (χ1n) is 6.86. The van der Waals surface area contributed by atoms with Crippen molar-refractivity contribution >= 4 is 38.9 Å². The number of para-hydroxylation sites is 1. The SMILES string of the molecule is Cc1ccc(NC(=O)CN(c2ccccc2Cl)S(C)(=O)=O)cc1. The van der Waals surface area contributed by atoms with Crippen LogP contribution in [0.1, 0.15) is 5.56 Å². The third-order valence-corrected chi connectivity index (χ3v) is 4.59. The van der Waals surface area contributed by atoms with Gasteiger partial charge in [-0.3, -0.25) is 9.10 Å². The fourth-order valence-corrected chi connectivity index (χ4v) is 3.16. The fraction of sp³-hybridized carbons (Fsp3) is 0.188. The molecule has 0 atom stereocenters. The lowest BCUT2D eigenvalue weighted by molar-refractivity contribution is -0.114. The number of benzene rings is 2. The Morgan fingerprint density at radius 3 is 2.30 bits per heavy atom. The molecule has 2 aromatic rings. The summed E-state index contributed by atoms with van der Waals surface area (Å²) < 4.78 is 25.0. The standard InChI is InChI=1S/C16H17ClN2O3S/c1-12-7-9-13(10-8-12)18-16(20)11-19(23(2,21)22)15-6-4-3-5-14(15)17/h3-10H,11H2,1-2H3,(H,18,20). The average molecular weight is 353 g/mol. The van der Waals surface area contributed by atoms with Gasteiger partial charge in [0.2, 0.25) is 15.9 Å². The second-order valence-electron chi connectivity index (χ2n) is 5.14. The molecule has 0 saturated carbocycles. The maximum atomic E-state index is 12.2. The Morgan fingerprint density at radius 2 is 1.74 bits per heavy atom. The summed E-state index contributed by atoms with van der Waals surface area (Å²) in [5, 5.41) is 2.94. The molecule has 0 heterocycles. The summed E-state index contributed by atoms with van der Waals surface area (Å²) in [5.41, 5.74) is 1.95. The van der Waals surface area contributed by atoms with Crippen molar-refractivity contribution in [3.05, 3.63) is 59.1 Å². The van der Waals surface area contributed by atoms with Gasteiger partial charge in [-0.25, -0.2) is 8.42 Å². The molecule has 0 spiro atoms. The Bertz CT molecular complexity index is 804. The highest BCUT2D eigenvalue weighted by molar-refractivity contribution is 7.92. The van der Waals surface area contributed by atoms with Gasteiger partial charge in [0, 0.05) is 5.69 Å². The van der Waals surface area contributed by atoms with E-state index in [9.17, 15) is 13.2 Å². The summed E-state index contributed by atoms with van der Waals surface area (Å²) in [5.74, 6) is -0.445. The minimum atomic E-state index is -3.65. The summed E-state index contributed by atoms with van der Waals surface area (Å²) in [4.78, 5) is 12.2. The maximum absolute atomic E-state index is 12.2. The summed E-state index contributed by atoms with van der Waals surface area (Å²) in [6.45, 7) is 1.59. The topological polar surface area (TPSA) is 66.5 Å². The highest BCUT2D eigenvalue weighted by Gasteiger charge is 2.22. The molecule has 0 aliphatic heterocycles. The molecule has 0 fully saturated rings. The number of anilines is 2. The van der Waals surface area contributed by atoms with Crippen LogP contribution in [0.4, 0.5) is 11.4 Å². The number of hydrogen-bond acceptors (Lipinski definition) is 3. The predicted octanol–water partition coefficient (Wildman–Crippen LogP) is 3.05.